The predicted octanol–water partition coefficient (Wildman–Crippen LogP) is -1.06. The minimum atomic E-state index is -1.82. The van der Waals surface area contributed by atoms with Gasteiger partial charge in [0.2, 0.25) is 0 Å². The van der Waals surface area contributed by atoms with Gasteiger partial charge in [0.1, 0.15) is 73.2 Å². The molecule has 0 aromatic rings. The van der Waals surface area contributed by atoms with Gasteiger partial charge < -0.3 is 94.8 Å². The van der Waals surface area contributed by atoms with Gasteiger partial charge in [-0.2, -0.15) is 0 Å². The predicted molar refractivity (Wildman–Crippen MR) is 235 cm³/mol. The van der Waals surface area contributed by atoms with Crippen molar-refractivity contribution in [3.63, 3.8) is 0 Å². The molecule has 0 amide bonds. The molecule has 4 saturated carbocycles. The lowest BCUT2D eigenvalue weighted by molar-refractivity contribution is -0.372. The summed E-state index contributed by atoms with van der Waals surface area (Å²) in [6.45, 7) is 14.5. The molecule has 3 saturated heterocycles. The molecule has 3 aliphatic heterocycles. The van der Waals surface area contributed by atoms with Gasteiger partial charge in [-0.25, -0.2) is 0 Å². The fourth-order valence-corrected chi connectivity index (χ4v) is 14.9. The molecule has 13 N–H and O–H groups in total. The molecule has 388 valence electrons. The maximum absolute atomic E-state index is 12.7. The number of aliphatic hydroxyl groups is 13. The van der Waals surface area contributed by atoms with Gasteiger partial charge in [-0.3, -0.25) is 0 Å². The highest BCUT2D eigenvalue weighted by atomic mass is 16.7. The lowest BCUT2D eigenvalue weighted by atomic mass is 9.34. The van der Waals surface area contributed by atoms with Crippen LogP contribution in [0.1, 0.15) is 107 Å². The first-order valence-corrected chi connectivity index (χ1v) is 24.5. The lowest BCUT2D eigenvalue weighted by Gasteiger charge is -2.72. The van der Waals surface area contributed by atoms with Crippen LogP contribution in [-0.2, 0) is 28.4 Å². The van der Waals surface area contributed by atoms with Gasteiger partial charge in [0, 0.05) is 0 Å². The lowest BCUT2D eigenvalue weighted by Crippen LogP contribution is -2.71. The molecule has 0 aromatic heterocycles. The summed E-state index contributed by atoms with van der Waals surface area (Å²) in [5, 5.41) is 142. The summed E-state index contributed by atoms with van der Waals surface area (Å²) in [5.41, 5.74) is -2.39. The van der Waals surface area contributed by atoms with Crippen LogP contribution in [0, 0.1) is 45.3 Å². The second kappa shape index (κ2) is 19.8. The molecule has 26 atom stereocenters. The first-order valence-electron chi connectivity index (χ1n) is 24.5. The van der Waals surface area contributed by atoms with E-state index in [1.54, 1.807) is 0 Å². The van der Waals surface area contributed by atoms with Gasteiger partial charge in [0.05, 0.1) is 43.7 Å². The molecule has 7 fully saturated rings. The van der Waals surface area contributed by atoms with Gasteiger partial charge in [-0.1, -0.05) is 46.3 Å². The average Bonchev–Trinajstić information content (AvgIpc) is 3.66. The van der Waals surface area contributed by atoms with E-state index in [0.29, 0.717) is 51.4 Å². The Bertz CT molecular complexity index is 1710. The van der Waals surface area contributed by atoms with Crippen molar-refractivity contribution in [2.45, 2.75) is 223 Å². The van der Waals surface area contributed by atoms with Crippen molar-refractivity contribution >= 4 is 0 Å². The molecule has 0 aromatic carbocycles. The van der Waals surface area contributed by atoms with Crippen LogP contribution in [0.15, 0.2) is 11.6 Å². The van der Waals surface area contributed by atoms with Crippen LogP contribution in [0.4, 0.5) is 0 Å². The molecule has 19 heteroatoms. The van der Waals surface area contributed by atoms with Crippen LogP contribution in [0.25, 0.3) is 0 Å². The molecule has 0 bridgehead atoms. The van der Waals surface area contributed by atoms with E-state index in [2.05, 4.69) is 26.8 Å². The molecule has 4 aliphatic carbocycles. The second-order valence-corrected chi connectivity index (χ2v) is 23.1. The van der Waals surface area contributed by atoms with Crippen LogP contribution in [0.3, 0.4) is 0 Å². The highest BCUT2D eigenvalue weighted by molar-refractivity contribution is 5.22. The summed E-state index contributed by atoms with van der Waals surface area (Å²) >= 11 is 0. The van der Waals surface area contributed by atoms with Gasteiger partial charge in [-0.15, -0.1) is 0 Å². The fourth-order valence-electron chi connectivity index (χ4n) is 14.9. The minimum absolute atomic E-state index is 0.0659. The molecule has 0 radical (unpaired) electrons. The molecule has 0 unspecified atom stereocenters. The molecule has 0 spiro atoms. The zero-order chi connectivity index (χ0) is 49.5. The highest BCUT2D eigenvalue weighted by Gasteiger charge is 2.74. The molecule has 7 rings (SSSR count). The number of allylic oxidation sites excluding steroid dienone is 2. The third kappa shape index (κ3) is 9.03. The number of hydrogen-bond acceptors (Lipinski definition) is 19. The Balaban J connectivity index is 1.20. The van der Waals surface area contributed by atoms with Crippen molar-refractivity contribution in [3.05, 3.63) is 11.6 Å². The van der Waals surface area contributed by atoms with E-state index >= 15 is 0 Å². The zero-order valence-corrected chi connectivity index (χ0v) is 40.3. The van der Waals surface area contributed by atoms with E-state index in [1.807, 2.05) is 34.6 Å². The van der Waals surface area contributed by atoms with E-state index in [1.165, 1.54) is 0 Å². The Morgan fingerprint density at radius 1 is 0.642 bits per heavy atom. The number of aliphatic hydroxyl groups excluding tert-OH is 13. The Morgan fingerprint density at radius 2 is 1.18 bits per heavy atom. The van der Waals surface area contributed by atoms with E-state index in [4.69, 9.17) is 28.4 Å². The van der Waals surface area contributed by atoms with Crippen molar-refractivity contribution in [1.29, 1.82) is 0 Å². The summed E-state index contributed by atoms with van der Waals surface area (Å²) < 4.78 is 37.2. The average molecular weight is 963 g/mol. The van der Waals surface area contributed by atoms with Crippen LogP contribution >= 0.6 is 0 Å². The number of rotatable bonds is 13. The van der Waals surface area contributed by atoms with Gasteiger partial charge in [-0.05, 0) is 117 Å². The summed E-state index contributed by atoms with van der Waals surface area (Å²) in [4.78, 5) is 0. The van der Waals surface area contributed by atoms with Gasteiger partial charge in [0.15, 0.2) is 18.9 Å². The van der Waals surface area contributed by atoms with Crippen molar-refractivity contribution in [1.82, 2.24) is 0 Å². The standard InChI is InChI=1S/C48H82O19/c1-21(2)10-9-13-48(8,67-43-38(61)35(58)39(27(20-51)65-43)66-42-37(60)34(57)32(55)26(19-50)64-42)22-11-15-46(6)30(22)23(52)16-28-45(5)14-12-29(53)44(3,4)40(45)24(17-47(28,46)7)62-41-36(59)33(56)31(54)25(18-49)63-41/h10,22-43,49-61H,9,11-20H2,1-8H3/t22-,23+,24-,25+,26+,27+,28+,29-,30-,31+,32+,33-,34-,35+,36+,37+,38+,39+,40-,41+,42+,43-,45+,46+,47+,48-/m0/s1. The third-order valence-corrected chi connectivity index (χ3v) is 18.7. The summed E-state index contributed by atoms with van der Waals surface area (Å²) in [5.74, 6) is -1.11. The molecule has 7 aliphatic rings. The smallest absolute Gasteiger partial charge is 0.187 e. The Kier molecular flexibility index (Phi) is 15.9. The number of hydrogen-bond donors (Lipinski definition) is 13. The van der Waals surface area contributed by atoms with Gasteiger partial charge >= 0.3 is 0 Å². The summed E-state index contributed by atoms with van der Waals surface area (Å²) in [7, 11) is 0. The van der Waals surface area contributed by atoms with E-state index in [9.17, 15) is 66.4 Å². The number of ether oxygens (including phenoxy) is 6. The Labute approximate surface area is 393 Å². The van der Waals surface area contributed by atoms with Crippen molar-refractivity contribution < 1.29 is 94.8 Å². The quantitative estimate of drug-likeness (QED) is 0.0773. The molecule has 67 heavy (non-hydrogen) atoms. The molecule has 19 nitrogen and oxygen atoms in total. The van der Waals surface area contributed by atoms with Crippen molar-refractivity contribution in [3.8, 4) is 0 Å². The van der Waals surface area contributed by atoms with Gasteiger partial charge in [0.25, 0.3) is 0 Å². The van der Waals surface area contributed by atoms with Crippen molar-refractivity contribution in [2.24, 2.45) is 45.3 Å². The van der Waals surface area contributed by atoms with Crippen LogP contribution in [0.2, 0.25) is 0 Å². The largest absolute Gasteiger partial charge is 0.394 e. The molecule has 3 heterocycles. The van der Waals surface area contributed by atoms with Crippen molar-refractivity contribution in [2.75, 3.05) is 19.8 Å². The van der Waals surface area contributed by atoms with E-state index in [0.717, 1.165) is 5.57 Å². The normalized spacial score (nSPS) is 52.9. The fraction of sp³-hybridized carbons (Fsp3) is 0.958. The van der Waals surface area contributed by atoms with E-state index in [-0.39, 0.29) is 23.7 Å². The first-order chi connectivity index (χ1) is 31.3. The van der Waals surface area contributed by atoms with Crippen LogP contribution in [0.5, 0.6) is 0 Å². The first kappa shape index (κ1) is 53.8. The summed E-state index contributed by atoms with van der Waals surface area (Å²) in [6.07, 6.45) is -19.5. The second-order valence-electron chi connectivity index (χ2n) is 23.1. The van der Waals surface area contributed by atoms with Crippen LogP contribution < -0.4 is 0 Å². The third-order valence-electron chi connectivity index (χ3n) is 18.7. The van der Waals surface area contributed by atoms with E-state index < -0.39 is 158 Å². The zero-order valence-electron chi connectivity index (χ0n) is 40.3. The number of fused-ring (bicyclic) bond motifs is 5. The maximum Gasteiger partial charge on any atom is 0.187 e. The Hall–Kier alpha value is -1.02. The minimum Gasteiger partial charge on any atom is -0.394 e. The highest BCUT2D eigenvalue weighted by Crippen LogP contribution is 2.76. The van der Waals surface area contributed by atoms with Crippen LogP contribution in [-0.4, -0.2) is 202 Å². The topological polar surface area (TPSA) is 318 Å². The molecular weight excluding hydrogens is 881 g/mol. The Morgan fingerprint density at radius 3 is 1.73 bits per heavy atom. The maximum atomic E-state index is 12.7. The molecular formula is C48H82O19. The SMILES string of the molecule is CC(C)=CCC[C@](C)(O[C@@H]1O[C@H](CO)[C@@H](O[C@H]2O[C@H](CO)[C@@H](O)[C@H](O)[C@H]2O)[C@H](O)[C@H]1O)[C@H]1CC[C@]2(C)[C@@H]1[C@H](O)C[C@@H]1[C@@]3(C)CC[C@H](O)C(C)(C)[C@@H]3[C@@H](O[C@@H]3O[C@H](CO)[C@@H](O)[C@H](O)[C@H]3O)C[C@]12C. The monoisotopic (exact) mass is 963 g/mol. The summed E-state index contributed by atoms with van der Waals surface area (Å²) in [6, 6.07) is 0.